The van der Waals surface area contributed by atoms with E-state index in [0.717, 1.165) is 16.7 Å². The van der Waals surface area contributed by atoms with Crippen molar-refractivity contribution in [3.8, 4) is 39.5 Å². The van der Waals surface area contributed by atoms with E-state index in [1.807, 2.05) is 6.92 Å². The maximum absolute atomic E-state index is 16.0. The maximum atomic E-state index is 16.0. The number of hydrogen-bond acceptors (Lipinski definition) is 7. The van der Waals surface area contributed by atoms with Crippen LogP contribution in [0.2, 0.25) is 0 Å². The first-order valence-corrected chi connectivity index (χ1v) is 15.5. The molecule has 0 aliphatic carbocycles. The van der Waals surface area contributed by atoms with Crippen LogP contribution in [0.5, 0.6) is 5.75 Å². The molecule has 6 rings (SSSR count). The normalized spacial score (nSPS) is 14.5. The predicted molar refractivity (Wildman–Crippen MR) is 170 cm³/mol. The highest BCUT2D eigenvalue weighted by molar-refractivity contribution is 7.18. The number of rotatable bonds is 10. The molecule has 14 heteroatoms. The second-order valence-corrected chi connectivity index (χ2v) is 11.8. The molecular weight excluding hydrogens is 638 g/mol. The Balaban J connectivity index is 1.62. The summed E-state index contributed by atoms with van der Waals surface area (Å²) in [5.41, 5.74) is 1.55. The fourth-order valence-electron chi connectivity index (χ4n) is 5.79. The van der Waals surface area contributed by atoms with Crippen LogP contribution in [-0.2, 0) is 22.6 Å². The Kier molecular flexibility index (Phi) is 8.97. The van der Waals surface area contributed by atoms with E-state index < -0.39 is 30.2 Å². The lowest BCUT2D eigenvalue weighted by atomic mass is 9.96. The molecule has 1 amide bonds. The largest absolute Gasteiger partial charge is 0.490 e. The van der Waals surface area contributed by atoms with Crippen molar-refractivity contribution in [2.24, 2.45) is 0 Å². The van der Waals surface area contributed by atoms with Crippen molar-refractivity contribution in [3.05, 3.63) is 88.3 Å². The number of aromatic nitrogens is 4. The SMILES string of the molecule is C=CC(=O)N1CCn2nc(-c3nc(-c4ccn(CC(F)F)c(=O)c4)c4ccsc4c3-c3c(F)cc(F)cc3OCCOC)cc2C1C. The van der Waals surface area contributed by atoms with E-state index in [2.05, 4.69) is 6.58 Å². The van der Waals surface area contributed by atoms with Gasteiger partial charge in [0.25, 0.3) is 12.0 Å². The number of carbonyl (C=O) groups excluding carboxylic acids is 1. The van der Waals surface area contributed by atoms with E-state index in [9.17, 15) is 22.8 Å². The summed E-state index contributed by atoms with van der Waals surface area (Å²) in [6.07, 6.45) is -0.192. The van der Waals surface area contributed by atoms with Gasteiger partial charge in [-0.15, -0.1) is 11.3 Å². The van der Waals surface area contributed by atoms with Crippen LogP contribution < -0.4 is 10.3 Å². The molecule has 0 saturated carbocycles. The molecule has 4 aromatic heterocycles. The summed E-state index contributed by atoms with van der Waals surface area (Å²) in [4.78, 5) is 32.0. The third-order valence-electron chi connectivity index (χ3n) is 7.99. The molecule has 0 spiro atoms. The Hall–Kier alpha value is -4.82. The molecule has 0 radical (unpaired) electrons. The molecule has 1 aromatic carbocycles. The number of alkyl halides is 2. The van der Waals surface area contributed by atoms with E-state index in [1.165, 1.54) is 42.9 Å². The molecule has 0 N–H and O–H groups in total. The molecule has 0 saturated heterocycles. The summed E-state index contributed by atoms with van der Waals surface area (Å²) in [6, 6.07) is 7.74. The van der Waals surface area contributed by atoms with Gasteiger partial charge < -0.3 is 18.9 Å². The molecule has 1 atom stereocenters. The van der Waals surface area contributed by atoms with Crippen molar-refractivity contribution < 1.29 is 31.8 Å². The summed E-state index contributed by atoms with van der Waals surface area (Å²) in [6.45, 7) is 5.63. The Bertz CT molecular complexity index is 2060. The monoisotopic (exact) mass is 667 g/mol. The fraction of sp³-hybridized carbons (Fsp3) is 0.273. The van der Waals surface area contributed by atoms with Crippen molar-refractivity contribution in [2.75, 3.05) is 26.9 Å². The van der Waals surface area contributed by atoms with Crippen molar-refractivity contribution in [3.63, 3.8) is 0 Å². The number of pyridine rings is 2. The Morgan fingerprint density at radius 1 is 1.13 bits per heavy atom. The first-order valence-electron chi connectivity index (χ1n) is 14.6. The van der Waals surface area contributed by atoms with Gasteiger partial charge in [-0.25, -0.2) is 22.5 Å². The second kappa shape index (κ2) is 13.1. The highest BCUT2D eigenvalue weighted by atomic mass is 32.1. The molecule has 5 aromatic rings. The Morgan fingerprint density at radius 2 is 1.94 bits per heavy atom. The molecule has 0 fully saturated rings. The Labute approximate surface area is 270 Å². The van der Waals surface area contributed by atoms with Crippen LogP contribution in [0.4, 0.5) is 17.6 Å². The van der Waals surface area contributed by atoms with Crippen molar-refractivity contribution in [1.82, 2.24) is 24.2 Å². The zero-order valence-electron chi connectivity index (χ0n) is 25.4. The van der Waals surface area contributed by atoms with Crippen LogP contribution in [-0.4, -0.2) is 63.4 Å². The number of ether oxygens (including phenoxy) is 2. The second-order valence-electron chi connectivity index (χ2n) is 10.8. The van der Waals surface area contributed by atoms with E-state index in [-0.39, 0.29) is 47.7 Å². The lowest BCUT2D eigenvalue weighted by Gasteiger charge is -2.33. The van der Waals surface area contributed by atoms with Gasteiger partial charge in [-0.2, -0.15) is 5.10 Å². The summed E-state index contributed by atoms with van der Waals surface area (Å²) in [7, 11) is 1.48. The molecule has 1 unspecified atom stereocenters. The quantitative estimate of drug-likeness (QED) is 0.0985. The number of carbonyl (C=O) groups is 1. The minimum Gasteiger partial charge on any atom is -0.490 e. The smallest absolute Gasteiger partial charge is 0.256 e. The van der Waals surface area contributed by atoms with Crippen LogP contribution in [0.15, 0.2) is 65.4 Å². The molecule has 1 aliphatic heterocycles. The number of hydrogen-bond donors (Lipinski definition) is 0. The van der Waals surface area contributed by atoms with E-state index in [4.69, 9.17) is 19.6 Å². The van der Waals surface area contributed by atoms with Gasteiger partial charge in [-0.1, -0.05) is 6.58 Å². The number of benzene rings is 1. The number of fused-ring (bicyclic) bond motifs is 2. The van der Waals surface area contributed by atoms with Crippen molar-refractivity contribution in [1.29, 1.82) is 0 Å². The van der Waals surface area contributed by atoms with Crippen LogP contribution >= 0.6 is 11.3 Å². The van der Waals surface area contributed by atoms with Gasteiger partial charge in [-0.05, 0) is 36.6 Å². The van der Waals surface area contributed by atoms with Crippen LogP contribution in [0.25, 0.3) is 43.9 Å². The van der Waals surface area contributed by atoms with E-state index in [0.29, 0.717) is 45.8 Å². The number of halogens is 4. The number of thiophene rings is 1. The van der Waals surface area contributed by atoms with Gasteiger partial charge >= 0.3 is 0 Å². The zero-order valence-corrected chi connectivity index (χ0v) is 26.2. The van der Waals surface area contributed by atoms with Crippen molar-refractivity contribution >= 4 is 27.3 Å². The first kappa shape index (κ1) is 32.1. The third-order valence-corrected chi connectivity index (χ3v) is 8.92. The third kappa shape index (κ3) is 6.05. The first-order chi connectivity index (χ1) is 22.6. The van der Waals surface area contributed by atoms with Gasteiger partial charge in [0, 0.05) is 59.3 Å². The van der Waals surface area contributed by atoms with Gasteiger partial charge in [0.15, 0.2) is 0 Å². The predicted octanol–water partition coefficient (Wildman–Crippen LogP) is 6.31. The minimum atomic E-state index is -2.72. The minimum absolute atomic E-state index is 0.0131. The number of amides is 1. The van der Waals surface area contributed by atoms with Gasteiger partial charge in [-0.3, -0.25) is 14.3 Å². The molecule has 9 nitrogen and oxygen atoms in total. The van der Waals surface area contributed by atoms with E-state index >= 15 is 4.39 Å². The highest BCUT2D eigenvalue weighted by Gasteiger charge is 2.31. The molecule has 0 bridgehead atoms. The van der Waals surface area contributed by atoms with Crippen LogP contribution in [0, 0.1) is 11.6 Å². The van der Waals surface area contributed by atoms with Crippen LogP contribution in [0.1, 0.15) is 18.7 Å². The molecule has 1 aliphatic rings. The summed E-state index contributed by atoms with van der Waals surface area (Å²) in [5, 5.41) is 7.13. The molecular formula is C33H29F4N5O4S. The molecule has 47 heavy (non-hydrogen) atoms. The molecule has 244 valence electrons. The zero-order chi connectivity index (χ0) is 33.4. The fourth-order valence-corrected chi connectivity index (χ4v) is 6.74. The van der Waals surface area contributed by atoms with Gasteiger partial charge in [0.2, 0.25) is 5.91 Å². The van der Waals surface area contributed by atoms with Gasteiger partial charge in [0.1, 0.15) is 35.4 Å². The lowest BCUT2D eigenvalue weighted by Crippen LogP contribution is -2.40. The summed E-state index contributed by atoms with van der Waals surface area (Å²) in [5.74, 6) is -2.03. The van der Waals surface area contributed by atoms with Gasteiger partial charge in [0.05, 0.1) is 42.7 Å². The summed E-state index contributed by atoms with van der Waals surface area (Å²) >= 11 is 1.27. The summed E-state index contributed by atoms with van der Waals surface area (Å²) < 4.78 is 70.8. The average molecular weight is 668 g/mol. The van der Waals surface area contributed by atoms with Crippen molar-refractivity contribution in [2.45, 2.75) is 32.5 Å². The molecule has 5 heterocycles. The maximum Gasteiger partial charge on any atom is 0.256 e. The van der Waals surface area contributed by atoms with Crippen LogP contribution in [0.3, 0.4) is 0 Å². The number of nitrogens with zero attached hydrogens (tertiary/aromatic N) is 5. The highest BCUT2D eigenvalue weighted by Crippen LogP contribution is 2.47. The standard InChI is InChI=1S/C33H29F4N5O4S/c1-4-27(43)41-8-9-42-24(18(41)2)16-23(39-42)32-30(29-22(35)14-20(34)15-25(29)46-11-10-45-3)33-21(6-12-47-33)31(38-32)19-5-7-40(17-26(36)37)28(44)13-19/h4-7,12-16,18,26H,1,8-11,17H2,2-3H3. The lowest BCUT2D eigenvalue weighted by molar-refractivity contribution is -0.129. The Morgan fingerprint density at radius 3 is 2.66 bits per heavy atom. The average Bonchev–Trinajstić information content (AvgIpc) is 3.70. The topological polar surface area (TPSA) is 91.5 Å². The number of methoxy groups -OCH3 is 1. The van der Waals surface area contributed by atoms with E-state index in [1.54, 1.807) is 27.1 Å².